The van der Waals surface area contributed by atoms with Crippen LogP contribution in [0.25, 0.3) is 6.08 Å². The summed E-state index contributed by atoms with van der Waals surface area (Å²) < 4.78 is 0. The first-order chi connectivity index (χ1) is 9.66. The highest BCUT2D eigenvalue weighted by atomic mass is 32.1. The number of carboxylic acids is 1. The minimum Gasteiger partial charge on any atom is -0.481 e. The largest absolute Gasteiger partial charge is 0.481 e. The van der Waals surface area contributed by atoms with E-state index in [-0.39, 0.29) is 18.4 Å². The molecule has 108 valence electrons. The fourth-order valence-corrected chi connectivity index (χ4v) is 3.13. The van der Waals surface area contributed by atoms with Crippen LogP contribution >= 0.6 is 11.3 Å². The van der Waals surface area contributed by atoms with Gasteiger partial charge in [0.05, 0.1) is 0 Å². The van der Waals surface area contributed by atoms with Gasteiger partial charge < -0.3 is 10.0 Å². The summed E-state index contributed by atoms with van der Waals surface area (Å²) in [5.41, 5.74) is 0. The second kappa shape index (κ2) is 7.24. The second-order valence-electron chi connectivity index (χ2n) is 4.96. The van der Waals surface area contributed by atoms with Crippen molar-refractivity contribution in [2.45, 2.75) is 38.1 Å². The van der Waals surface area contributed by atoms with E-state index in [2.05, 4.69) is 0 Å². The summed E-state index contributed by atoms with van der Waals surface area (Å²) in [5.74, 6) is -0.800. The number of carboxylic acid groups (broad SMARTS) is 1. The van der Waals surface area contributed by atoms with Crippen molar-refractivity contribution in [1.29, 1.82) is 0 Å². The molecule has 1 aromatic rings. The number of likely N-dealkylation sites (tertiary alicyclic amines) is 1. The average Bonchev–Trinajstić information content (AvgIpc) is 2.96. The molecule has 2 heterocycles. The van der Waals surface area contributed by atoms with Gasteiger partial charge in [-0.2, -0.15) is 0 Å². The van der Waals surface area contributed by atoms with Gasteiger partial charge in [0.2, 0.25) is 5.91 Å². The lowest BCUT2D eigenvalue weighted by molar-refractivity contribution is -0.138. The van der Waals surface area contributed by atoms with Gasteiger partial charge in [-0.1, -0.05) is 6.07 Å². The Morgan fingerprint density at radius 2 is 2.30 bits per heavy atom. The molecule has 1 aliphatic heterocycles. The number of thiophene rings is 1. The minimum absolute atomic E-state index is 0.00603. The standard InChI is InChI=1S/C15H19NO3S/c17-14(8-7-13-5-3-11-20-13)16-10-2-1-4-12(16)6-9-15(18)19/h3,5,7-8,11-12H,1-2,4,6,9-10H2,(H,18,19)/b8-7-/t12-/m0/s1. The van der Waals surface area contributed by atoms with Crippen molar-refractivity contribution >= 4 is 29.3 Å². The molecule has 0 aromatic carbocycles. The van der Waals surface area contributed by atoms with Crippen molar-refractivity contribution < 1.29 is 14.7 Å². The van der Waals surface area contributed by atoms with Gasteiger partial charge >= 0.3 is 5.97 Å². The third-order valence-corrected chi connectivity index (χ3v) is 4.37. The van der Waals surface area contributed by atoms with Crippen molar-refractivity contribution in [3.05, 3.63) is 28.5 Å². The van der Waals surface area contributed by atoms with E-state index in [0.29, 0.717) is 6.42 Å². The van der Waals surface area contributed by atoms with E-state index in [4.69, 9.17) is 5.11 Å². The summed E-state index contributed by atoms with van der Waals surface area (Å²) in [7, 11) is 0. The Labute approximate surface area is 122 Å². The molecule has 0 bridgehead atoms. The number of aliphatic carboxylic acids is 1. The van der Waals surface area contributed by atoms with Gasteiger partial charge in [0, 0.05) is 30.0 Å². The second-order valence-corrected chi connectivity index (χ2v) is 5.94. The quantitative estimate of drug-likeness (QED) is 0.849. The van der Waals surface area contributed by atoms with E-state index in [1.54, 1.807) is 17.4 Å². The first kappa shape index (κ1) is 14.8. The third-order valence-electron chi connectivity index (χ3n) is 3.54. The predicted molar refractivity (Wildman–Crippen MR) is 79.6 cm³/mol. The molecular formula is C15H19NO3S. The molecule has 1 amide bonds. The Morgan fingerprint density at radius 3 is 3.00 bits per heavy atom. The maximum absolute atomic E-state index is 12.2. The first-order valence-electron chi connectivity index (χ1n) is 6.91. The topological polar surface area (TPSA) is 57.6 Å². The van der Waals surface area contributed by atoms with Gasteiger partial charge in [0.1, 0.15) is 0 Å². The Balaban J connectivity index is 1.96. The van der Waals surface area contributed by atoms with E-state index in [9.17, 15) is 9.59 Å². The lowest BCUT2D eigenvalue weighted by Gasteiger charge is -2.35. The van der Waals surface area contributed by atoms with Crippen LogP contribution in [-0.4, -0.2) is 34.5 Å². The lowest BCUT2D eigenvalue weighted by atomic mass is 9.98. The fourth-order valence-electron chi connectivity index (χ4n) is 2.52. The molecule has 0 spiro atoms. The molecule has 2 rings (SSSR count). The Kier molecular flexibility index (Phi) is 5.35. The molecule has 1 N–H and O–H groups in total. The molecule has 0 aliphatic carbocycles. The fraction of sp³-hybridized carbons (Fsp3) is 0.467. The van der Waals surface area contributed by atoms with Crippen LogP contribution in [0.1, 0.15) is 37.0 Å². The molecule has 1 fully saturated rings. The van der Waals surface area contributed by atoms with Crippen LogP contribution in [0.4, 0.5) is 0 Å². The van der Waals surface area contributed by atoms with E-state index >= 15 is 0 Å². The number of piperidine rings is 1. The zero-order valence-corrected chi connectivity index (χ0v) is 12.1. The highest BCUT2D eigenvalue weighted by Crippen LogP contribution is 2.21. The van der Waals surface area contributed by atoms with Crippen LogP contribution in [-0.2, 0) is 9.59 Å². The number of nitrogens with zero attached hydrogens (tertiary/aromatic N) is 1. The van der Waals surface area contributed by atoms with E-state index in [1.807, 2.05) is 28.5 Å². The van der Waals surface area contributed by atoms with Gasteiger partial charge in [-0.05, 0) is 43.2 Å². The maximum Gasteiger partial charge on any atom is 0.303 e. The SMILES string of the molecule is O=C(O)CC[C@@H]1CCCCN1C(=O)/C=C\c1cccs1. The number of carbonyl (C=O) groups is 2. The van der Waals surface area contributed by atoms with Crippen LogP contribution in [0.2, 0.25) is 0 Å². The number of hydrogen-bond donors (Lipinski definition) is 1. The van der Waals surface area contributed by atoms with Crippen molar-refractivity contribution in [2.24, 2.45) is 0 Å². The summed E-state index contributed by atoms with van der Waals surface area (Å²) >= 11 is 1.59. The van der Waals surface area contributed by atoms with E-state index in [0.717, 1.165) is 30.7 Å². The average molecular weight is 293 g/mol. The molecule has 1 saturated heterocycles. The number of amides is 1. The molecule has 0 saturated carbocycles. The van der Waals surface area contributed by atoms with Gasteiger partial charge in [-0.15, -0.1) is 11.3 Å². The highest BCUT2D eigenvalue weighted by Gasteiger charge is 2.25. The zero-order valence-electron chi connectivity index (χ0n) is 11.3. The van der Waals surface area contributed by atoms with Crippen molar-refractivity contribution in [3.8, 4) is 0 Å². The molecule has 1 aliphatic rings. The highest BCUT2D eigenvalue weighted by molar-refractivity contribution is 7.10. The Hall–Kier alpha value is -1.62. The van der Waals surface area contributed by atoms with Gasteiger partial charge in [0.15, 0.2) is 0 Å². The molecular weight excluding hydrogens is 274 g/mol. The van der Waals surface area contributed by atoms with Crippen molar-refractivity contribution in [1.82, 2.24) is 4.90 Å². The first-order valence-corrected chi connectivity index (χ1v) is 7.79. The summed E-state index contributed by atoms with van der Waals surface area (Å²) in [5, 5.41) is 10.8. The zero-order chi connectivity index (χ0) is 14.4. The Morgan fingerprint density at radius 1 is 1.45 bits per heavy atom. The molecule has 4 nitrogen and oxygen atoms in total. The molecule has 1 aromatic heterocycles. The number of hydrogen-bond acceptors (Lipinski definition) is 3. The summed E-state index contributed by atoms with van der Waals surface area (Å²) in [6.07, 6.45) is 7.09. The minimum atomic E-state index is -0.794. The Bertz CT molecular complexity index is 481. The molecule has 1 atom stereocenters. The molecule has 20 heavy (non-hydrogen) atoms. The van der Waals surface area contributed by atoms with Gasteiger partial charge in [-0.3, -0.25) is 9.59 Å². The summed E-state index contributed by atoms with van der Waals surface area (Å²) in [6.45, 7) is 0.734. The predicted octanol–water partition coefficient (Wildman–Crippen LogP) is 3.01. The van der Waals surface area contributed by atoms with Crippen LogP contribution in [0.3, 0.4) is 0 Å². The van der Waals surface area contributed by atoms with Gasteiger partial charge in [-0.25, -0.2) is 0 Å². The van der Waals surface area contributed by atoms with Crippen molar-refractivity contribution in [3.63, 3.8) is 0 Å². The van der Waals surface area contributed by atoms with Crippen LogP contribution < -0.4 is 0 Å². The van der Waals surface area contributed by atoms with Crippen LogP contribution in [0, 0.1) is 0 Å². The van der Waals surface area contributed by atoms with Crippen LogP contribution in [0.5, 0.6) is 0 Å². The van der Waals surface area contributed by atoms with Crippen molar-refractivity contribution in [2.75, 3.05) is 6.54 Å². The summed E-state index contributed by atoms with van der Waals surface area (Å²) in [6, 6.07) is 3.98. The number of carbonyl (C=O) groups excluding carboxylic acids is 1. The molecule has 0 unspecified atom stereocenters. The molecule has 5 heteroatoms. The smallest absolute Gasteiger partial charge is 0.303 e. The van der Waals surface area contributed by atoms with E-state index < -0.39 is 5.97 Å². The summed E-state index contributed by atoms with van der Waals surface area (Å²) in [4.78, 5) is 25.8. The lowest BCUT2D eigenvalue weighted by Crippen LogP contribution is -2.43. The maximum atomic E-state index is 12.2. The third kappa shape index (κ3) is 4.20. The van der Waals surface area contributed by atoms with Crippen LogP contribution in [0.15, 0.2) is 23.6 Å². The van der Waals surface area contributed by atoms with E-state index in [1.165, 1.54) is 0 Å². The van der Waals surface area contributed by atoms with Gasteiger partial charge in [0.25, 0.3) is 0 Å². The number of rotatable bonds is 5. The monoisotopic (exact) mass is 293 g/mol. The normalized spacial score (nSPS) is 19.4. The molecule has 0 radical (unpaired) electrons.